The van der Waals surface area contributed by atoms with E-state index < -0.39 is 32.2 Å². The number of rotatable bonds is 15. The lowest BCUT2D eigenvalue weighted by atomic mass is 9.59. The summed E-state index contributed by atoms with van der Waals surface area (Å²) in [5.41, 5.74) is 11.0. The normalized spacial score (nSPS) is 22.0. The van der Waals surface area contributed by atoms with Crippen LogP contribution in [-0.2, 0) is 16.6 Å². The standard InChI is InChI=1S/C58H69FN8O8S/c1-36(2)43-7-5-6-8-44(43)49-34-65(33-38-9-11-41(72-4)12-10-38)23-24-67(49)40-29-58(30-40)18-21-66(22-19-58)48-28-50(75-42-25-39-15-20-61-55(39)63-32-42)45(26-46(48)59)56(68)64-76(70,71)51-27-47(60)52(54-53(51)73-35-74-54)62-31-37-13-16-57(3,69)17-14-37/h5-12,15,20,25-28,32,36-37,40,49,62,69H,13-14,16-19,21-24,29-31,33-35,60H2,1-4H3,(H,61,63)(H,64,68)/t37-,49-,57-/m0/s1. The number of nitrogens with two attached hydrogens (primary N) is 1. The second-order valence-corrected chi connectivity index (χ2v) is 24.0. The average molecular weight is 1060 g/mol. The van der Waals surface area contributed by atoms with Gasteiger partial charge in [0.25, 0.3) is 15.9 Å². The van der Waals surface area contributed by atoms with Gasteiger partial charge in [-0.05, 0) is 129 Å². The molecule has 1 amide bonds. The number of aromatic nitrogens is 2. The first kappa shape index (κ1) is 51.5. The zero-order valence-electron chi connectivity index (χ0n) is 43.7. The van der Waals surface area contributed by atoms with Gasteiger partial charge in [-0.3, -0.25) is 14.6 Å². The first-order valence-electron chi connectivity index (χ1n) is 26.7. The number of halogens is 1. The van der Waals surface area contributed by atoms with Crippen molar-refractivity contribution >= 4 is 44.0 Å². The van der Waals surface area contributed by atoms with Gasteiger partial charge in [-0.2, -0.15) is 0 Å². The van der Waals surface area contributed by atoms with Gasteiger partial charge in [0.1, 0.15) is 39.3 Å². The number of nitrogens with one attached hydrogen (secondary N) is 3. The number of nitrogen functional groups attached to an aromatic ring is 1. The molecule has 1 atom stereocenters. The third-order valence-electron chi connectivity index (χ3n) is 16.8. The summed E-state index contributed by atoms with van der Waals surface area (Å²) >= 11 is 0. The minimum Gasteiger partial charge on any atom is -0.497 e. The summed E-state index contributed by atoms with van der Waals surface area (Å²) in [5.74, 6) is -0.0620. The Labute approximate surface area is 444 Å². The van der Waals surface area contributed by atoms with Gasteiger partial charge in [0.2, 0.25) is 6.79 Å². The lowest BCUT2D eigenvalue weighted by Crippen LogP contribution is -2.60. The maximum atomic E-state index is 16.7. The lowest BCUT2D eigenvalue weighted by Gasteiger charge is -2.58. The van der Waals surface area contributed by atoms with E-state index in [1.54, 1.807) is 19.4 Å². The Morgan fingerprint density at radius 1 is 0.961 bits per heavy atom. The molecule has 2 aliphatic carbocycles. The molecule has 5 aliphatic rings. The number of fused-ring (bicyclic) bond motifs is 2. The second kappa shape index (κ2) is 20.7. The number of nitrogens with zero attached hydrogens (tertiary/aromatic N) is 4. The summed E-state index contributed by atoms with van der Waals surface area (Å²) in [5, 5.41) is 14.5. The zero-order valence-corrected chi connectivity index (χ0v) is 44.6. The number of piperidine rings is 1. The highest BCUT2D eigenvalue weighted by molar-refractivity contribution is 7.90. The fraction of sp³-hybridized carbons (Fsp3) is 0.448. The number of piperazine rings is 1. The summed E-state index contributed by atoms with van der Waals surface area (Å²) in [7, 11) is -3.00. The van der Waals surface area contributed by atoms with E-state index in [9.17, 15) is 18.3 Å². The number of pyridine rings is 1. The number of carbonyl (C=O) groups excluding carboxylic acids is 1. The molecule has 0 radical (unpaired) electrons. The van der Waals surface area contributed by atoms with E-state index in [4.69, 9.17) is 24.7 Å². The smallest absolute Gasteiger partial charge is 0.268 e. The zero-order chi connectivity index (χ0) is 52.9. The van der Waals surface area contributed by atoms with Gasteiger partial charge < -0.3 is 45.0 Å². The van der Waals surface area contributed by atoms with E-state index in [0.717, 1.165) is 81.9 Å². The van der Waals surface area contributed by atoms with Crippen LogP contribution in [-0.4, -0.2) is 104 Å². The van der Waals surface area contributed by atoms with Crippen LogP contribution in [0, 0.1) is 17.2 Å². The number of methoxy groups -OCH3 is 1. The van der Waals surface area contributed by atoms with Crippen LogP contribution in [0.2, 0.25) is 0 Å². The van der Waals surface area contributed by atoms with Crippen LogP contribution in [0.1, 0.15) is 111 Å². The Morgan fingerprint density at radius 3 is 2.46 bits per heavy atom. The van der Waals surface area contributed by atoms with Crippen molar-refractivity contribution in [1.82, 2.24) is 24.5 Å². The summed E-state index contributed by atoms with van der Waals surface area (Å²) in [6.45, 7) is 11.6. The molecular weight excluding hydrogens is 988 g/mol. The van der Waals surface area contributed by atoms with Crippen LogP contribution in [0.5, 0.6) is 28.7 Å². The molecule has 2 saturated carbocycles. The topological polar surface area (TPSA) is 197 Å². The number of amides is 1. The minimum atomic E-state index is -4.70. The molecular formula is C58H69FN8O8S. The Bertz CT molecular complexity index is 3220. The van der Waals surface area contributed by atoms with Crippen LogP contribution < -0.4 is 39.6 Å². The first-order chi connectivity index (χ1) is 36.5. The van der Waals surface area contributed by atoms with Gasteiger partial charge >= 0.3 is 0 Å². The van der Waals surface area contributed by atoms with Crippen LogP contribution in [0.4, 0.5) is 21.5 Å². The molecule has 5 heterocycles. The van der Waals surface area contributed by atoms with Gasteiger partial charge in [0.15, 0.2) is 11.5 Å². The number of carbonyl (C=O) groups is 1. The number of aromatic amines is 1. The van der Waals surface area contributed by atoms with Gasteiger partial charge in [-0.15, -0.1) is 0 Å². The van der Waals surface area contributed by atoms with E-state index in [-0.39, 0.29) is 64.1 Å². The van der Waals surface area contributed by atoms with E-state index in [1.165, 1.54) is 35.0 Å². The maximum absolute atomic E-state index is 16.7. The van der Waals surface area contributed by atoms with Crippen molar-refractivity contribution in [3.63, 3.8) is 0 Å². The highest BCUT2D eigenvalue weighted by Crippen LogP contribution is 2.54. The number of aliphatic hydroxyl groups is 1. The molecule has 2 aromatic heterocycles. The summed E-state index contributed by atoms with van der Waals surface area (Å²) in [4.78, 5) is 28.7. The molecule has 4 fully saturated rings. The third-order valence-corrected chi connectivity index (χ3v) is 18.2. The molecule has 76 heavy (non-hydrogen) atoms. The quantitative estimate of drug-likeness (QED) is 0.0610. The molecule has 0 bridgehead atoms. The van der Waals surface area contributed by atoms with Gasteiger partial charge in [0.05, 0.1) is 35.8 Å². The average Bonchev–Trinajstić information content (AvgIpc) is 4.12. The predicted octanol–water partition coefficient (Wildman–Crippen LogP) is 9.72. The fourth-order valence-electron chi connectivity index (χ4n) is 12.4. The van der Waals surface area contributed by atoms with E-state index >= 15 is 4.39 Å². The second-order valence-electron chi connectivity index (χ2n) is 22.3. The molecule has 3 aliphatic heterocycles. The molecule has 2 saturated heterocycles. The molecule has 6 N–H and O–H groups in total. The fourth-order valence-corrected chi connectivity index (χ4v) is 13.6. The van der Waals surface area contributed by atoms with Crippen LogP contribution in [0.3, 0.4) is 0 Å². The van der Waals surface area contributed by atoms with Crippen molar-refractivity contribution in [2.24, 2.45) is 11.3 Å². The summed E-state index contributed by atoms with van der Waals surface area (Å²) in [6.07, 6.45) is 10.1. The maximum Gasteiger partial charge on any atom is 0.268 e. The number of hydrogen-bond acceptors (Lipinski definition) is 14. The Balaban J connectivity index is 0.802. The van der Waals surface area contributed by atoms with Crippen LogP contribution in [0.25, 0.3) is 11.0 Å². The highest BCUT2D eigenvalue weighted by Gasteiger charge is 2.50. The van der Waals surface area contributed by atoms with Crippen molar-refractivity contribution in [3.05, 3.63) is 119 Å². The Morgan fingerprint density at radius 2 is 1.71 bits per heavy atom. The largest absolute Gasteiger partial charge is 0.497 e. The van der Waals surface area contributed by atoms with Crippen molar-refractivity contribution in [1.29, 1.82) is 0 Å². The van der Waals surface area contributed by atoms with Gasteiger partial charge in [0, 0.05) is 75.5 Å². The molecule has 11 rings (SSSR count). The van der Waals surface area contributed by atoms with Crippen molar-refractivity contribution < 1.29 is 41.7 Å². The third kappa shape index (κ3) is 10.5. The van der Waals surface area contributed by atoms with E-state index in [0.29, 0.717) is 55.8 Å². The molecule has 4 aromatic carbocycles. The lowest BCUT2D eigenvalue weighted by molar-refractivity contribution is -0.0628. The molecule has 16 nitrogen and oxygen atoms in total. The molecule has 0 unspecified atom stereocenters. The van der Waals surface area contributed by atoms with Crippen molar-refractivity contribution in [2.75, 3.05) is 69.1 Å². The monoisotopic (exact) mass is 1060 g/mol. The molecule has 402 valence electrons. The van der Waals surface area contributed by atoms with Crippen molar-refractivity contribution in [3.8, 4) is 28.7 Å². The Hall–Kier alpha value is -6.60. The van der Waals surface area contributed by atoms with E-state index in [1.807, 2.05) is 30.0 Å². The number of H-pyrrole nitrogens is 1. The number of ether oxygens (including phenoxy) is 4. The summed E-state index contributed by atoms with van der Waals surface area (Å²) < 4.78 is 70.5. The SMILES string of the molecule is COc1ccc(CN2CCN(C3CC4(CCN(c5cc(Oc6cnc7[nH]ccc7c6)c(C(=O)NS(=O)(=O)c6cc(N)c(NC[C@H]7CC[C@](C)(O)CC7)c7c6OCO7)cc5F)CC4)C3)[C@H](c3ccccc3C(C)C)C2)cc1. The van der Waals surface area contributed by atoms with E-state index in [2.05, 4.69) is 80.1 Å². The number of hydrogen-bond donors (Lipinski definition) is 5. The molecule has 18 heteroatoms. The van der Waals surface area contributed by atoms with Crippen LogP contribution >= 0.6 is 0 Å². The van der Waals surface area contributed by atoms with Gasteiger partial charge in [-0.25, -0.2) is 22.5 Å². The molecule has 6 aromatic rings. The predicted molar refractivity (Wildman–Crippen MR) is 290 cm³/mol. The Kier molecular flexibility index (Phi) is 14.1. The first-order valence-corrected chi connectivity index (χ1v) is 28.2. The summed E-state index contributed by atoms with van der Waals surface area (Å²) in [6, 6.07) is 25.3. The number of benzene rings is 4. The van der Waals surface area contributed by atoms with Gasteiger partial charge in [-0.1, -0.05) is 50.2 Å². The number of anilines is 3. The highest BCUT2D eigenvalue weighted by atomic mass is 32.2. The van der Waals surface area contributed by atoms with Crippen LogP contribution in [0.15, 0.2) is 96.2 Å². The van der Waals surface area contributed by atoms with Crippen molar-refractivity contribution in [2.45, 2.75) is 107 Å². The minimum absolute atomic E-state index is 0.0447. The molecule has 1 spiro atoms. The number of sulfonamides is 1.